The molecule has 11 nitrogen and oxygen atoms in total. The molecular weight excluding hydrogens is 683 g/mol. The summed E-state index contributed by atoms with van der Waals surface area (Å²) in [5, 5.41) is -0.0337. The van der Waals surface area contributed by atoms with Crippen LogP contribution < -0.4 is 9.46 Å². The highest BCUT2D eigenvalue weighted by atomic mass is 32.2. The highest BCUT2D eigenvalue weighted by molar-refractivity contribution is 7.92. The predicted octanol–water partition coefficient (Wildman–Crippen LogP) is 8.03. The largest absolute Gasteiger partial charge is 0.488 e. The molecule has 5 rings (SSSR count). The first-order chi connectivity index (χ1) is 23.9. The second-order valence-corrected chi connectivity index (χ2v) is 21.8. The van der Waals surface area contributed by atoms with Crippen molar-refractivity contribution in [3.8, 4) is 16.9 Å². The average molecular weight is 732 g/mol. The number of hydrogen-bond donors (Lipinski definition) is 1. The van der Waals surface area contributed by atoms with Gasteiger partial charge in [0, 0.05) is 24.8 Å². The zero-order valence-electron chi connectivity index (χ0n) is 30.7. The van der Waals surface area contributed by atoms with Crippen LogP contribution in [0.3, 0.4) is 0 Å². The van der Waals surface area contributed by atoms with Crippen LogP contribution in [0, 0.1) is 0 Å². The third-order valence-electron chi connectivity index (χ3n) is 9.14. The van der Waals surface area contributed by atoms with Crippen LogP contribution in [0.4, 0.5) is 10.7 Å². The van der Waals surface area contributed by atoms with Crippen molar-refractivity contribution in [1.29, 1.82) is 0 Å². The molecule has 3 heterocycles. The summed E-state index contributed by atoms with van der Waals surface area (Å²) < 4.78 is 47.4. The van der Waals surface area contributed by atoms with Crippen LogP contribution in [-0.4, -0.2) is 67.5 Å². The van der Waals surface area contributed by atoms with Crippen LogP contribution in [0.15, 0.2) is 90.3 Å². The van der Waals surface area contributed by atoms with E-state index in [1.807, 2.05) is 45.0 Å². The first kappa shape index (κ1) is 37.9. The number of anilines is 1. The number of aryl methyl sites for hydroxylation is 1. The van der Waals surface area contributed by atoms with Gasteiger partial charge < -0.3 is 18.8 Å². The summed E-state index contributed by atoms with van der Waals surface area (Å²) in [5.74, 6) is 0.767. The number of pyridine rings is 1. The Morgan fingerprint density at radius 1 is 0.980 bits per heavy atom. The highest BCUT2D eigenvalue weighted by Crippen LogP contribution is 2.40. The van der Waals surface area contributed by atoms with Gasteiger partial charge in [-0.3, -0.25) is 4.98 Å². The lowest BCUT2D eigenvalue weighted by Gasteiger charge is -2.41. The Bertz CT molecular complexity index is 1900. The lowest BCUT2D eigenvalue weighted by atomic mass is 9.97. The molecule has 0 aliphatic carbocycles. The number of carbonyl (C=O) groups is 1. The Morgan fingerprint density at radius 3 is 2.29 bits per heavy atom. The van der Waals surface area contributed by atoms with Crippen molar-refractivity contribution in [3.63, 3.8) is 0 Å². The molecule has 4 aromatic rings. The molecule has 0 saturated heterocycles. The summed E-state index contributed by atoms with van der Waals surface area (Å²) in [4.78, 5) is 27.8. The van der Waals surface area contributed by atoms with Crippen LogP contribution in [0.2, 0.25) is 18.1 Å². The summed E-state index contributed by atoms with van der Waals surface area (Å²) in [7, 11) is -6.08. The Morgan fingerprint density at radius 2 is 1.67 bits per heavy atom. The zero-order chi connectivity index (χ0) is 37.0. The van der Waals surface area contributed by atoms with Gasteiger partial charge in [-0.15, -0.1) is 0 Å². The van der Waals surface area contributed by atoms with E-state index < -0.39 is 36.1 Å². The molecule has 51 heavy (non-hydrogen) atoms. The van der Waals surface area contributed by atoms with Crippen LogP contribution in [0.1, 0.15) is 65.2 Å². The SMILES string of the molecule is CC(C)(C)OC(=O)N(C[C@H]1CCc2cc(-c3ccc(S(=O)(=O)Nc4ncccn4)cc3)ccc2O1)C[C@H](O[Si](C)(C)C(C)(C)C)c1cccnc1. The average Bonchev–Trinajstić information content (AvgIpc) is 3.06. The Hall–Kier alpha value is -4.33. The number of fused-ring (bicyclic) bond motifs is 1. The van der Waals surface area contributed by atoms with E-state index in [0.29, 0.717) is 19.5 Å². The van der Waals surface area contributed by atoms with Gasteiger partial charge in [0.05, 0.1) is 24.1 Å². The number of sulfonamides is 1. The molecule has 0 spiro atoms. The van der Waals surface area contributed by atoms with E-state index in [1.165, 1.54) is 12.4 Å². The lowest BCUT2D eigenvalue weighted by molar-refractivity contribution is 0.00490. The van der Waals surface area contributed by atoms with E-state index in [9.17, 15) is 13.2 Å². The van der Waals surface area contributed by atoms with E-state index in [4.69, 9.17) is 13.9 Å². The fraction of sp³-hybridized carbons (Fsp3) is 0.421. The Balaban J connectivity index is 1.32. The molecule has 1 aliphatic heterocycles. The maximum Gasteiger partial charge on any atom is 0.410 e. The first-order valence-corrected chi connectivity index (χ1v) is 21.5. The van der Waals surface area contributed by atoms with Gasteiger partial charge in [-0.1, -0.05) is 45.0 Å². The van der Waals surface area contributed by atoms with Crippen molar-refractivity contribution >= 4 is 30.4 Å². The normalized spacial score (nSPS) is 15.6. The topological polar surface area (TPSA) is 133 Å². The van der Waals surface area contributed by atoms with Gasteiger partial charge in [0.1, 0.15) is 17.5 Å². The van der Waals surface area contributed by atoms with Gasteiger partial charge in [0.15, 0.2) is 8.32 Å². The summed E-state index contributed by atoms with van der Waals surface area (Å²) in [6.45, 7) is 17.2. The zero-order valence-corrected chi connectivity index (χ0v) is 32.5. The number of hydrogen-bond acceptors (Lipinski definition) is 9. The van der Waals surface area contributed by atoms with E-state index in [0.717, 1.165) is 34.4 Å². The first-order valence-electron chi connectivity index (χ1n) is 17.2. The minimum absolute atomic E-state index is 0.0107. The van der Waals surface area contributed by atoms with E-state index in [2.05, 4.69) is 59.6 Å². The fourth-order valence-electron chi connectivity index (χ4n) is 5.42. The quantitative estimate of drug-likeness (QED) is 0.152. The smallest absolute Gasteiger partial charge is 0.410 e. The standard InChI is InChI=1S/C38H49N5O6SSi/c1-37(2,3)48-36(44)43(26-34(30-11-9-20-39-24-30)49-51(7,8)38(4,5)6)25-31-16-12-29-23-28(15-19-33(29)47-31)27-13-17-32(18-14-27)50(45,46)42-35-40-21-10-22-41-35/h9-11,13-15,17-24,31,34H,12,16,25-26H2,1-8H3,(H,40,41,42)/t31-,34+/m1/s1. The molecule has 0 saturated carbocycles. The van der Waals surface area contributed by atoms with Crippen molar-refractivity contribution in [2.24, 2.45) is 0 Å². The molecule has 1 aliphatic rings. The molecule has 2 atom stereocenters. The number of aromatic nitrogens is 3. The van der Waals surface area contributed by atoms with Gasteiger partial charge in [-0.2, -0.15) is 0 Å². The molecule has 1 N–H and O–H groups in total. The number of rotatable bonds is 11. The molecule has 13 heteroatoms. The molecule has 0 radical (unpaired) electrons. The molecule has 0 unspecified atom stereocenters. The second kappa shape index (κ2) is 15.1. The minimum Gasteiger partial charge on any atom is -0.488 e. The number of carbonyl (C=O) groups excluding carboxylic acids is 1. The summed E-state index contributed by atoms with van der Waals surface area (Å²) in [6.07, 6.45) is 6.85. The minimum atomic E-state index is -3.84. The van der Waals surface area contributed by atoms with Gasteiger partial charge in [0.2, 0.25) is 5.95 Å². The van der Waals surface area contributed by atoms with Crippen LogP contribution >= 0.6 is 0 Å². The van der Waals surface area contributed by atoms with Gasteiger partial charge in [0.25, 0.3) is 10.0 Å². The second-order valence-electron chi connectivity index (χ2n) is 15.3. The van der Waals surface area contributed by atoms with Crippen molar-refractivity contribution in [1.82, 2.24) is 19.9 Å². The third kappa shape index (κ3) is 9.93. The van der Waals surface area contributed by atoms with Crippen LogP contribution in [0.25, 0.3) is 11.1 Å². The number of ether oxygens (including phenoxy) is 2. The molecular formula is C38H49N5O6SSi. The molecule has 272 valence electrons. The van der Waals surface area contributed by atoms with E-state index >= 15 is 0 Å². The maximum atomic E-state index is 13.7. The summed E-state index contributed by atoms with van der Waals surface area (Å²) >= 11 is 0. The molecule has 2 aromatic carbocycles. The van der Waals surface area contributed by atoms with Gasteiger partial charge in [-0.05, 0) is 110 Å². The number of amides is 1. The highest BCUT2D eigenvalue weighted by Gasteiger charge is 2.41. The predicted molar refractivity (Wildman–Crippen MR) is 201 cm³/mol. The van der Waals surface area contributed by atoms with Gasteiger partial charge >= 0.3 is 6.09 Å². The van der Waals surface area contributed by atoms with Crippen molar-refractivity contribution in [2.75, 3.05) is 17.8 Å². The monoisotopic (exact) mass is 731 g/mol. The van der Waals surface area contributed by atoms with Crippen molar-refractivity contribution in [3.05, 3.63) is 96.6 Å². The third-order valence-corrected chi connectivity index (χ3v) is 15.0. The molecule has 1 amide bonds. The number of nitrogens with one attached hydrogen (secondary N) is 1. The number of benzene rings is 2. The molecule has 0 fully saturated rings. The maximum absolute atomic E-state index is 13.7. The van der Waals surface area contributed by atoms with Crippen LogP contribution in [-0.2, 0) is 25.6 Å². The Kier molecular flexibility index (Phi) is 11.2. The lowest BCUT2D eigenvalue weighted by Crippen LogP contribution is -2.48. The molecule has 2 aromatic heterocycles. The summed E-state index contributed by atoms with van der Waals surface area (Å²) in [6, 6.07) is 18.1. The van der Waals surface area contributed by atoms with Gasteiger partial charge in [-0.25, -0.2) is 27.9 Å². The van der Waals surface area contributed by atoms with E-state index in [1.54, 1.807) is 47.6 Å². The summed E-state index contributed by atoms with van der Waals surface area (Å²) in [5.41, 5.74) is 3.09. The molecule has 0 bridgehead atoms. The van der Waals surface area contributed by atoms with Crippen LogP contribution in [0.5, 0.6) is 5.75 Å². The Labute approximate surface area is 303 Å². The van der Waals surface area contributed by atoms with Crippen molar-refractivity contribution < 1.29 is 27.1 Å². The van der Waals surface area contributed by atoms with Crippen molar-refractivity contribution in [2.45, 2.75) is 95.2 Å². The number of nitrogens with zero attached hydrogens (tertiary/aromatic N) is 4. The van der Waals surface area contributed by atoms with E-state index in [-0.39, 0.29) is 22.0 Å². The fourth-order valence-corrected chi connectivity index (χ4v) is 7.65.